The summed E-state index contributed by atoms with van der Waals surface area (Å²) >= 11 is 0. The maximum absolute atomic E-state index is 11.5. The molecule has 0 bridgehead atoms. The quantitative estimate of drug-likeness (QED) is 0.481. The van der Waals surface area contributed by atoms with Crippen LogP contribution in [0, 0.1) is 0 Å². The fourth-order valence-electron chi connectivity index (χ4n) is 1.22. The van der Waals surface area contributed by atoms with Gasteiger partial charge >= 0.3 is 5.97 Å². The number of rotatable bonds is 6. The van der Waals surface area contributed by atoms with Gasteiger partial charge in [-0.2, -0.15) is 5.10 Å². The summed E-state index contributed by atoms with van der Waals surface area (Å²) in [7, 11) is 0. The van der Waals surface area contributed by atoms with Gasteiger partial charge in [-0.1, -0.05) is 0 Å². The monoisotopic (exact) mass is 240 g/mol. The van der Waals surface area contributed by atoms with Crippen molar-refractivity contribution < 1.29 is 14.3 Å². The first-order chi connectivity index (χ1) is 8.13. The van der Waals surface area contributed by atoms with Crippen LogP contribution in [0.4, 0.5) is 5.82 Å². The van der Waals surface area contributed by atoms with E-state index in [1.54, 1.807) is 6.92 Å². The minimum absolute atomic E-state index is 0.257. The van der Waals surface area contributed by atoms with E-state index in [2.05, 4.69) is 15.5 Å². The van der Waals surface area contributed by atoms with Crippen LogP contribution in [0.15, 0.2) is 6.07 Å². The van der Waals surface area contributed by atoms with Crippen molar-refractivity contribution in [2.45, 2.75) is 19.8 Å². The Morgan fingerprint density at radius 3 is 2.94 bits per heavy atom. The van der Waals surface area contributed by atoms with Crippen LogP contribution in [-0.2, 0) is 9.53 Å². The van der Waals surface area contributed by atoms with Gasteiger partial charge in [0.15, 0.2) is 0 Å². The van der Waals surface area contributed by atoms with Crippen LogP contribution in [0.3, 0.4) is 0 Å². The maximum atomic E-state index is 11.5. The van der Waals surface area contributed by atoms with Crippen LogP contribution >= 0.6 is 0 Å². The molecule has 0 saturated carbocycles. The Balaban J connectivity index is 2.19. The Kier molecular flexibility index (Phi) is 4.99. The zero-order valence-corrected chi connectivity index (χ0v) is 9.66. The van der Waals surface area contributed by atoms with E-state index in [1.807, 2.05) is 0 Å². The molecule has 94 valence electrons. The largest absolute Gasteiger partial charge is 0.466 e. The molecule has 0 unspecified atom stereocenters. The number of carbonyl (C=O) groups is 2. The molecule has 0 aliphatic rings. The number of amides is 1. The first-order valence-electron chi connectivity index (χ1n) is 5.38. The molecular weight excluding hydrogens is 224 g/mol. The van der Waals surface area contributed by atoms with E-state index >= 15 is 0 Å². The summed E-state index contributed by atoms with van der Waals surface area (Å²) in [5, 5.41) is 8.77. The number of aromatic nitrogens is 2. The van der Waals surface area contributed by atoms with E-state index in [0.717, 1.165) is 0 Å². The van der Waals surface area contributed by atoms with E-state index in [9.17, 15) is 9.59 Å². The van der Waals surface area contributed by atoms with Crippen molar-refractivity contribution in [1.29, 1.82) is 0 Å². The fourth-order valence-corrected chi connectivity index (χ4v) is 1.22. The van der Waals surface area contributed by atoms with Gasteiger partial charge in [0.1, 0.15) is 11.5 Å². The number of nitrogen functional groups attached to an aromatic ring is 1. The van der Waals surface area contributed by atoms with Gasteiger partial charge in [0.05, 0.1) is 6.61 Å². The smallest absolute Gasteiger partial charge is 0.305 e. The summed E-state index contributed by atoms with van der Waals surface area (Å²) in [6.45, 7) is 2.53. The first kappa shape index (κ1) is 13.0. The SMILES string of the molecule is CCOC(=O)CCCNC(=O)c1cc(N)n[nH]1. The molecule has 7 heteroatoms. The summed E-state index contributed by atoms with van der Waals surface area (Å²) in [6.07, 6.45) is 0.827. The number of ether oxygens (including phenoxy) is 1. The van der Waals surface area contributed by atoms with Crippen molar-refractivity contribution in [1.82, 2.24) is 15.5 Å². The van der Waals surface area contributed by atoms with Crippen molar-refractivity contribution in [3.05, 3.63) is 11.8 Å². The van der Waals surface area contributed by atoms with Crippen LogP contribution in [0.2, 0.25) is 0 Å². The highest BCUT2D eigenvalue weighted by Crippen LogP contribution is 2.00. The number of aromatic amines is 1. The lowest BCUT2D eigenvalue weighted by Gasteiger charge is -2.03. The van der Waals surface area contributed by atoms with Gasteiger partial charge in [0.2, 0.25) is 0 Å². The third kappa shape index (κ3) is 4.54. The van der Waals surface area contributed by atoms with E-state index in [0.29, 0.717) is 31.7 Å². The molecule has 1 aromatic rings. The van der Waals surface area contributed by atoms with Crippen molar-refractivity contribution in [3.8, 4) is 0 Å². The lowest BCUT2D eigenvalue weighted by molar-refractivity contribution is -0.143. The normalized spacial score (nSPS) is 9.94. The van der Waals surface area contributed by atoms with Crippen molar-refractivity contribution in [2.75, 3.05) is 18.9 Å². The van der Waals surface area contributed by atoms with Gasteiger partial charge in [0, 0.05) is 19.0 Å². The molecular formula is C10H16N4O3. The summed E-state index contributed by atoms with van der Waals surface area (Å²) in [4.78, 5) is 22.5. The van der Waals surface area contributed by atoms with Crippen LogP contribution in [-0.4, -0.2) is 35.2 Å². The van der Waals surface area contributed by atoms with Gasteiger partial charge < -0.3 is 15.8 Å². The van der Waals surface area contributed by atoms with Crippen LogP contribution < -0.4 is 11.1 Å². The number of H-pyrrole nitrogens is 1. The molecule has 1 aromatic heterocycles. The topological polar surface area (TPSA) is 110 Å². The molecule has 4 N–H and O–H groups in total. The van der Waals surface area contributed by atoms with Gasteiger partial charge in [-0.3, -0.25) is 14.7 Å². The molecule has 17 heavy (non-hydrogen) atoms. The number of anilines is 1. The van der Waals surface area contributed by atoms with Crippen molar-refractivity contribution in [2.24, 2.45) is 0 Å². The van der Waals surface area contributed by atoms with E-state index in [1.165, 1.54) is 6.07 Å². The molecule has 1 heterocycles. The predicted molar refractivity (Wildman–Crippen MR) is 61.2 cm³/mol. The third-order valence-corrected chi connectivity index (χ3v) is 1.99. The Labute approximate surface area is 98.7 Å². The Morgan fingerprint density at radius 1 is 1.59 bits per heavy atom. The maximum Gasteiger partial charge on any atom is 0.305 e. The zero-order valence-electron chi connectivity index (χ0n) is 9.66. The number of nitrogens with one attached hydrogen (secondary N) is 2. The first-order valence-corrected chi connectivity index (χ1v) is 5.38. The van der Waals surface area contributed by atoms with E-state index in [4.69, 9.17) is 10.5 Å². The highest BCUT2D eigenvalue weighted by molar-refractivity contribution is 5.92. The minimum Gasteiger partial charge on any atom is -0.466 e. The Morgan fingerprint density at radius 2 is 2.35 bits per heavy atom. The lowest BCUT2D eigenvalue weighted by atomic mass is 10.3. The highest BCUT2D eigenvalue weighted by atomic mass is 16.5. The van der Waals surface area contributed by atoms with Crippen molar-refractivity contribution in [3.63, 3.8) is 0 Å². The fraction of sp³-hybridized carbons (Fsp3) is 0.500. The highest BCUT2D eigenvalue weighted by Gasteiger charge is 2.08. The molecule has 0 radical (unpaired) electrons. The molecule has 0 spiro atoms. The van der Waals surface area contributed by atoms with E-state index in [-0.39, 0.29) is 17.7 Å². The number of nitrogens with two attached hydrogens (primary N) is 1. The molecule has 1 amide bonds. The van der Waals surface area contributed by atoms with Gasteiger partial charge in [-0.15, -0.1) is 0 Å². The van der Waals surface area contributed by atoms with Crippen LogP contribution in [0.25, 0.3) is 0 Å². The minimum atomic E-state index is -0.293. The van der Waals surface area contributed by atoms with Gasteiger partial charge in [-0.25, -0.2) is 0 Å². The standard InChI is InChI=1S/C10H16N4O3/c1-2-17-9(15)4-3-5-12-10(16)7-6-8(11)14-13-7/h6H,2-5H2,1H3,(H,12,16)(H3,11,13,14). The number of nitrogens with zero attached hydrogens (tertiary/aromatic N) is 1. The number of hydrogen-bond acceptors (Lipinski definition) is 5. The molecule has 0 aliphatic carbocycles. The second-order valence-corrected chi connectivity index (χ2v) is 3.37. The molecule has 1 rings (SSSR count). The second-order valence-electron chi connectivity index (χ2n) is 3.37. The summed E-state index contributed by atoms with van der Waals surface area (Å²) in [5.74, 6) is -0.285. The van der Waals surface area contributed by atoms with Crippen LogP contribution in [0.5, 0.6) is 0 Å². The summed E-state index contributed by atoms with van der Waals surface area (Å²) in [5.41, 5.74) is 5.67. The summed E-state index contributed by atoms with van der Waals surface area (Å²) < 4.78 is 4.75. The molecule has 0 atom stereocenters. The zero-order chi connectivity index (χ0) is 12.7. The lowest BCUT2D eigenvalue weighted by Crippen LogP contribution is -2.25. The average molecular weight is 240 g/mol. The number of esters is 1. The predicted octanol–water partition coefficient (Wildman–Crippen LogP) is 0.0650. The van der Waals surface area contributed by atoms with Crippen LogP contribution in [0.1, 0.15) is 30.3 Å². The Hall–Kier alpha value is -2.05. The Bertz CT molecular complexity index is 389. The van der Waals surface area contributed by atoms with Gasteiger partial charge in [0.25, 0.3) is 5.91 Å². The molecule has 0 saturated heterocycles. The molecule has 0 aromatic carbocycles. The molecule has 7 nitrogen and oxygen atoms in total. The summed E-state index contributed by atoms with van der Waals surface area (Å²) in [6, 6.07) is 1.45. The molecule has 0 aliphatic heterocycles. The number of hydrogen-bond donors (Lipinski definition) is 3. The van der Waals surface area contributed by atoms with Crippen molar-refractivity contribution >= 4 is 17.7 Å². The average Bonchev–Trinajstić information content (AvgIpc) is 2.71. The van der Waals surface area contributed by atoms with E-state index < -0.39 is 0 Å². The second kappa shape index (κ2) is 6.51. The van der Waals surface area contributed by atoms with Gasteiger partial charge in [-0.05, 0) is 13.3 Å². The number of carbonyl (C=O) groups excluding carboxylic acids is 2. The third-order valence-electron chi connectivity index (χ3n) is 1.99. The molecule has 0 fully saturated rings.